The van der Waals surface area contributed by atoms with Gasteiger partial charge in [-0.15, -0.1) is 21.5 Å². The minimum atomic E-state index is -1.45. The Morgan fingerprint density at radius 1 is 0.971 bits per heavy atom. The lowest BCUT2D eigenvalue weighted by Gasteiger charge is -2.40. The van der Waals surface area contributed by atoms with E-state index >= 15 is 0 Å². The molecular formula is C23H21ClN4O5S2. The third kappa shape index (κ3) is 4.99. The Hall–Kier alpha value is -2.35. The van der Waals surface area contributed by atoms with E-state index < -0.39 is 37.1 Å². The quantitative estimate of drug-likeness (QED) is 0.294. The minimum absolute atomic E-state index is 0.392. The summed E-state index contributed by atoms with van der Waals surface area (Å²) in [6.45, 7) is -0.491. The van der Waals surface area contributed by atoms with E-state index in [2.05, 4.69) is 20.2 Å². The average Bonchev–Trinajstić information content (AvgIpc) is 3.55. The molecule has 1 aromatic carbocycles. The van der Waals surface area contributed by atoms with Crippen molar-refractivity contribution in [1.82, 2.24) is 20.2 Å². The first kappa shape index (κ1) is 24.3. The maximum atomic E-state index is 10.5. The summed E-state index contributed by atoms with van der Waals surface area (Å²) in [5.41, 5.74) is 3.02. The largest absolute Gasteiger partial charge is 0.394 e. The molecule has 12 heteroatoms. The van der Waals surface area contributed by atoms with Gasteiger partial charge in [-0.1, -0.05) is 35.1 Å². The van der Waals surface area contributed by atoms with Crippen LogP contribution in [0, 0.1) is 0 Å². The predicted molar refractivity (Wildman–Crippen MR) is 131 cm³/mol. The lowest BCUT2D eigenvalue weighted by molar-refractivity contribution is -0.231. The van der Waals surface area contributed by atoms with Crippen LogP contribution in [-0.4, -0.2) is 71.6 Å². The van der Waals surface area contributed by atoms with Gasteiger partial charge in [0.05, 0.1) is 6.61 Å². The van der Waals surface area contributed by atoms with E-state index in [-0.39, 0.29) is 0 Å². The Kier molecular flexibility index (Phi) is 7.19. The Bertz CT molecular complexity index is 1300. The second-order valence-electron chi connectivity index (χ2n) is 8.05. The van der Waals surface area contributed by atoms with Gasteiger partial charge in [-0.05, 0) is 29.3 Å². The SMILES string of the molecule is OC[C@H]1O[C@@H](c2ccc(Cl)c(Cc3nnc(-c4csc(-c5ccncc5)n4)s3)c2)[C@H](O)[C@@H](O)[C@@H]1O. The number of aliphatic hydroxyl groups is 4. The average molecular weight is 533 g/mol. The molecule has 35 heavy (non-hydrogen) atoms. The molecule has 182 valence electrons. The van der Waals surface area contributed by atoms with Crippen molar-refractivity contribution in [2.24, 2.45) is 0 Å². The molecule has 0 bridgehead atoms. The highest BCUT2D eigenvalue weighted by Gasteiger charge is 2.44. The molecule has 9 nitrogen and oxygen atoms in total. The van der Waals surface area contributed by atoms with Crippen molar-refractivity contribution >= 4 is 34.3 Å². The van der Waals surface area contributed by atoms with Crippen LogP contribution < -0.4 is 0 Å². The third-order valence-corrected chi connectivity index (χ3v) is 7.96. The van der Waals surface area contributed by atoms with E-state index in [1.54, 1.807) is 30.6 Å². The molecule has 1 aliphatic rings. The van der Waals surface area contributed by atoms with Crippen LogP contribution >= 0.6 is 34.3 Å². The zero-order valence-electron chi connectivity index (χ0n) is 18.1. The van der Waals surface area contributed by atoms with Crippen LogP contribution in [0.25, 0.3) is 21.3 Å². The lowest BCUT2D eigenvalue weighted by atomic mass is 9.90. The normalized spacial score (nSPS) is 24.5. The standard InChI is InChI=1S/C23H21ClN4O5S2/c24-14-2-1-12(21-20(32)19(31)18(30)16(9-29)33-21)7-13(14)8-17-27-28-23(35-17)15-10-34-22(26-15)11-3-5-25-6-4-11/h1-7,10,16,18-21,29-32H,8-9H2/t16-,18-,19+,20-,21+/m1/s1. The van der Waals surface area contributed by atoms with Crippen LogP contribution in [0.4, 0.5) is 0 Å². The van der Waals surface area contributed by atoms with Gasteiger partial charge in [0.25, 0.3) is 0 Å². The van der Waals surface area contributed by atoms with Crippen LogP contribution in [0.5, 0.6) is 0 Å². The molecule has 0 spiro atoms. The molecule has 0 aliphatic carbocycles. The fourth-order valence-electron chi connectivity index (χ4n) is 3.87. The summed E-state index contributed by atoms with van der Waals surface area (Å²) in [5, 5.41) is 53.4. The van der Waals surface area contributed by atoms with Crippen molar-refractivity contribution in [3.8, 4) is 21.3 Å². The molecule has 1 saturated heterocycles. The number of ether oxygens (including phenoxy) is 1. The second-order valence-corrected chi connectivity index (χ2v) is 10.4. The highest BCUT2D eigenvalue weighted by Crippen LogP contribution is 2.35. The fourth-order valence-corrected chi connectivity index (χ4v) is 5.77. The van der Waals surface area contributed by atoms with Gasteiger partial charge in [0.15, 0.2) is 5.01 Å². The zero-order valence-corrected chi connectivity index (χ0v) is 20.5. The number of halogens is 1. The number of rotatable bonds is 6. The Morgan fingerprint density at radius 2 is 1.77 bits per heavy atom. The number of aromatic nitrogens is 4. The van der Waals surface area contributed by atoms with Crippen molar-refractivity contribution in [3.05, 3.63) is 69.3 Å². The molecule has 0 saturated carbocycles. The van der Waals surface area contributed by atoms with Crippen molar-refractivity contribution in [2.75, 3.05) is 6.61 Å². The topological polar surface area (TPSA) is 142 Å². The van der Waals surface area contributed by atoms with Gasteiger partial charge in [0.1, 0.15) is 46.2 Å². The third-order valence-electron chi connectivity index (χ3n) is 5.75. The summed E-state index contributed by atoms with van der Waals surface area (Å²) in [6, 6.07) is 8.93. The molecule has 5 rings (SSSR count). The van der Waals surface area contributed by atoms with E-state index in [1.165, 1.54) is 22.7 Å². The van der Waals surface area contributed by atoms with Crippen LogP contribution in [0.3, 0.4) is 0 Å². The van der Waals surface area contributed by atoms with E-state index in [1.807, 2.05) is 17.5 Å². The Morgan fingerprint density at radius 3 is 2.54 bits per heavy atom. The molecule has 1 aliphatic heterocycles. The lowest BCUT2D eigenvalue weighted by Crippen LogP contribution is -2.55. The van der Waals surface area contributed by atoms with Crippen LogP contribution in [0.1, 0.15) is 22.2 Å². The maximum Gasteiger partial charge on any atom is 0.167 e. The molecular weight excluding hydrogens is 512 g/mol. The molecule has 3 aromatic heterocycles. The highest BCUT2D eigenvalue weighted by molar-refractivity contribution is 7.16. The summed E-state index contributed by atoms with van der Waals surface area (Å²) in [7, 11) is 0. The first-order chi connectivity index (χ1) is 16.9. The number of pyridine rings is 1. The second kappa shape index (κ2) is 10.3. The summed E-state index contributed by atoms with van der Waals surface area (Å²) in [5.74, 6) is 0. The fraction of sp³-hybridized carbons (Fsp3) is 0.304. The summed E-state index contributed by atoms with van der Waals surface area (Å²) in [4.78, 5) is 8.70. The van der Waals surface area contributed by atoms with Crippen LogP contribution in [0.15, 0.2) is 48.1 Å². The minimum Gasteiger partial charge on any atom is -0.394 e. The van der Waals surface area contributed by atoms with Gasteiger partial charge in [-0.3, -0.25) is 4.98 Å². The van der Waals surface area contributed by atoms with E-state index in [9.17, 15) is 20.4 Å². The molecule has 0 amide bonds. The highest BCUT2D eigenvalue weighted by atomic mass is 35.5. The number of aliphatic hydroxyl groups excluding tert-OH is 4. The molecule has 0 unspecified atom stereocenters. The smallest absolute Gasteiger partial charge is 0.167 e. The van der Waals surface area contributed by atoms with Gasteiger partial charge in [0.2, 0.25) is 0 Å². The maximum absolute atomic E-state index is 10.5. The summed E-state index contributed by atoms with van der Waals surface area (Å²) >= 11 is 9.36. The first-order valence-electron chi connectivity index (χ1n) is 10.7. The monoisotopic (exact) mass is 532 g/mol. The Balaban J connectivity index is 1.35. The van der Waals surface area contributed by atoms with Crippen molar-refractivity contribution < 1.29 is 25.2 Å². The first-order valence-corrected chi connectivity index (χ1v) is 12.8. The van der Waals surface area contributed by atoms with Crippen LogP contribution in [0.2, 0.25) is 5.02 Å². The van der Waals surface area contributed by atoms with Gasteiger partial charge in [0, 0.05) is 34.8 Å². The molecule has 4 heterocycles. The van der Waals surface area contributed by atoms with Crippen molar-refractivity contribution in [1.29, 1.82) is 0 Å². The van der Waals surface area contributed by atoms with Crippen LogP contribution in [-0.2, 0) is 11.2 Å². The van der Waals surface area contributed by atoms with Gasteiger partial charge >= 0.3 is 0 Å². The van der Waals surface area contributed by atoms with Gasteiger partial charge in [-0.2, -0.15) is 0 Å². The number of nitrogens with zero attached hydrogens (tertiary/aromatic N) is 4. The number of benzene rings is 1. The zero-order chi connectivity index (χ0) is 24.5. The predicted octanol–water partition coefficient (Wildman–Crippen LogP) is 2.48. The molecule has 5 atom stereocenters. The number of hydrogen-bond acceptors (Lipinski definition) is 11. The van der Waals surface area contributed by atoms with E-state index in [4.69, 9.17) is 16.3 Å². The summed E-state index contributed by atoms with van der Waals surface area (Å²) < 4.78 is 5.67. The molecule has 4 aromatic rings. The van der Waals surface area contributed by atoms with Crippen molar-refractivity contribution in [2.45, 2.75) is 36.9 Å². The van der Waals surface area contributed by atoms with E-state index in [0.717, 1.165) is 26.8 Å². The Labute approximate surface area is 213 Å². The molecule has 1 fully saturated rings. The molecule has 0 radical (unpaired) electrons. The van der Waals surface area contributed by atoms with Gasteiger partial charge < -0.3 is 25.2 Å². The number of hydrogen-bond donors (Lipinski definition) is 4. The van der Waals surface area contributed by atoms with Gasteiger partial charge in [-0.25, -0.2) is 4.98 Å². The van der Waals surface area contributed by atoms with E-state index in [0.29, 0.717) is 22.0 Å². The number of thiazole rings is 1. The van der Waals surface area contributed by atoms with Crippen molar-refractivity contribution in [3.63, 3.8) is 0 Å². The summed E-state index contributed by atoms with van der Waals surface area (Å²) in [6.07, 6.45) is -2.32. The molecule has 4 N–H and O–H groups in total.